The minimum absolute atomic E-state index is 0.0260. The van der Waals surface area contributed by atoms with Gasteiger partial charge in [0.1, 0.15) is 12.2 Å². The lowest BCUT2D eigenvalue weighted by atomic mass is 10.0. The number of hydrogen-bond acceptors (Lipinski definition) is 5. The fourth-order valence-corrected chi connectivity index (χ4v) is 3.00. The largest absolute Gasteiger partial charge is 0.458 e. The molecular formula is C19H16O4S. The smallest absolute Gasteiger partial charge is 0.336 e. The molecule has 0 unspecified atom stereocenters. The molecule has 4 nitrogen and oxygen atoms in total. The maximum Gasteiger partial charge on any atom is 0.336 e. The van der Waals surface area contributed by atoms with Crippen LogP contribution in [-0.4, -0.2) is 5.97 Å². The van der Waals surface area contributed by atoms with E-state index in [1.54, 1.807) is 6.08 Å². The summed E-state index contributed by atoms with van der Waals surface area (Å²) >= 11 is 1.54. The molecule has 0 atom stereocenters. The summed E-state index contributed by atoms with van der Waals surface area (Å²) in [5.41, 5.74) is 2.69. The summed E-state index contributed by atoms with van der Waals surface area (Å²) in [6.45, 7) is 3.88. The van der Waals surface area contributed by atoms with Crippen molar-refractivity contribution in [2.45, 2.75) is 20.5 Å². The number of hydrogen-bond donors (Lipinski definition) is 0. The Morgan fingerprint density at radius 3 is 2.88 bits per heavy atom. The number of fused-ring (bicyclic) bond motifs is 1. The summed E-state index contributed by atoms with van der Waals surface area (Å²) < 4.78 is 10.6. The lowest BCUT2D eigenvalue weighted by Crippen LogP contribution is -2.06. The van der Waals surface area contributed by atoms with E-state index in [4.69, 9.17) is 9.15 Å². The van der Waals surface area contributed by atoms with Crippen molar-refractivity contribution in [3.8, 4) is 0 Å². The van der Waals surface area contributed by atoms with E-state index < -0.39 is 11.6 Å². The van der Waals surface area contributed by atoms with Crippen LogP contribution < -0.4 is 5.63 Å². The van der Waals surface area contributed by atoms with Crippen molar-refractivity contribution in [2.24, 2.45) is 0 Å². The quantitative estimate of drug-likeness (QED) is 0.405. The number of carbonyl (C=O) groups excluding carboxylic acids is 1. The number of benzene rings is 1. The zero-order valence-corrected chi connectivity index (χ0v) is 14.2. The van der Waals surface area contributed by atoms with E-state index in [1.807, 2.05) is 43.5 Å². The lowest BCUT2D eigenvalue weighted by Gasteiger charge is -2.09. The Balaban J connectivity index is 1.81. The molecule has 2 heterocycles. The Morgan fingerprint density at radius 1 is 1.29 bits per heavy atom. The van der Waals surface area contributed by atoms with E-state index in [0.29, 0.717) is 11.1 Å². The van der Waals surface area contributed by atoms with Crippen molar-refractivity contribution in [1.82, 2.24) is 0 Å². The maximum absolute atomic E-state index is 11.8. The number of aryl methyl sites for hydroxylation is 2. The van der Waals surface area contributed by atoms with E-state index in [-0.39, 0.29) is 6.61 Å². The molecular weight excluding hydrogens is 324 g/mol. The first-order chi connectivity index (χ1) is 11.5. The Hall–Kier alpha value is -2.66. The minimum atomic E-state index is -0.450. The third-order valence-corrected chi connectivity index (χ3v) is 4.65. The summed E-state index contributed by atoms with van der Waals surface area (Å²) in [4.78, 5) is 24.6. The molecule has 3 aromatic rings. The van der Waals surface area contributed by atoms with Crippen LogP contribution in [0.25, 0.3) is 17.0 Å². The van der Waals surface area contributed by atoms with E-state index >= 15 is 0 Å². The molecule has 0 saturated heterocycles. The van der Waals surface area contributed by atoms with Crippen LogP contribution in [0.15, 0.2) is 51.0 Å². The van der Waals surface area contributed by atoms with Gasteiger partial charge in [-0.1, -0.05) is 18.2 Å². The molecule has 0 aliphatic rings. The van der Waals surface area contributed by atoms with Crippen molar-refractivity contribution in [1.29, 1.82) is 0 Å². The van der Waals surface area contributed by atoms with E-state index in [1.165, 1.54) is 23.5 Å². The molecule has 0 N–H and O–H groups in total. The number of ether oxygens (including phenoxy) is 1. The summed E-state index contributed by atoms with van der Waals surface area (Å²) in [6, 6.07) is 9.03. The van der Waals surface area contributed by atoms with Crippen LogP contribution in [0.2, 0.25) is 0 Å². The van der Waals surface area contributed by atoms with Gasteiger partial charge >= 0.3 is 11.6 Å². The van der Waals surface area contributed by atoms with Gasteiger partial charge in [-0.25, -0.2) is 9.59 Å². The van der Waals surface area contributed by atoms with Gasteiger partial charge in [0.2, 0.25) is 0 Å². The van der Waals surface area contributed by atoms with Crippen LogP contribution in [0.4, 0.5) is 0 Å². The van der Waals surface area contributed by atoms with Gasteiger partial charge in [0, 0.05) is 28.0 Å². The van der Waals surface area contributed by atoms with Crippen LogP contribution in [0.5, 0.6) is 0 Å². The minimum Gasteiger partial charge on any atom is -0.458 e. The first-order valence-electron chi connectivity index (χ1n) is 7.46. The highest BCUT2D eigenvalue weighted by Crippen LogP contribution is 2.23. The predicted molar refractivity (Wildman–Crippen MR) is 95.1 cm³/mol. The SMILES string of the molecule is Cc1ccc2c(COC(=O)/C=C/c3cccs3)cc(=O)oc2c1C. The Morgan fingerprint density at radius 2 is 2.12 bits per heavy atom. The second-order valence-corrected chi connectivity index (χ2v) is 6.41. The molecule has 2 aromatic heterocycles. The van der Waals surface area contributed by atoms with Crippen molar-refractivity contribution in [3.05, 3.63) is 73.8 Å². The van der Waals surface area contributed by atoms with E-state index in [0.717, 1.165) is 21.4 Å². The topological polar surface area (TPSA) is 56.5 Å². The summed E-state index contributed by atoms with van der Waals surface area (Å²) in [5, 5.41) is 2.72. The summed E-state index contributed by atoms with van der Waals surface area (Å²) in [5.74, 6) is -0.450. The van der Waals surface area contributed by atoms with Gasteiger partial charge in [0.25, 0.3) is 0 Å². The predicted octanol–water partition coefficient (Wildman–Crippen LogP) is 4.23. The lowest BCUT2D eigenvalue weighted by molar-refractivity contribution is -0.138. The van der Waals surface area contributed by atoms with Crippen LogP contribution in [-0.2, 0) is 16.1 Å². The highest BCUT2D eigenvalue weighted by molar-refractivity contribution is 7.10. The number of esters is 1. The number of rotatable bonds is 4. The standard InChI is InChI=1S/C19H16O4S/c1-12-5-7-16-14(10-18(21)23-19(16)13(12)2)11-22-17(20)8-6-15-4-3-9-24-15/h3-10H,11H2,1-2H3/b8-6+. The highest BCUT2D eigenvalue weighted by Gasteiger charge is 2.10. The fourth-order valence-electron chi connectivity index (χ4n) is 2.38. The molecule has 3 rings (SSSR count). The van der Waals surface area contributed by atoms with Gasteiger partial charge in [-0.15, -0.1) is 11.3 Å². The molecule has 0 fully saturated rings. The van der Waals surface area contributed by atoms with E-state index in [9.17, 15) is 9.59 Å². The molecule has 24 heavy (non-hydrogen) atoms. The molecule has 0 aliphatic carbocycles. The molecule has 1 aromatic carbocycles. The van der Waals surface area contributed by atoms with Crippen molar-refractivity contribution < 1.29 is 13.9 Å². The molecule has 0 radical (unpaired) electrons. The average molecular weight is 340 g/mol. The summed E-state index contributed by atoms with van der Waals surface area (Å²) in [7, 11) is 0. The van der Waals surface area contributed by atoms with Crippen molar-refractivity contribution >= 4 is 34.4 Å². The van der Waals surface area contributed by atoms with Crippen LogP contribution >= 0.6 is 11.3 Å². The van der Waals surface area contributed by atoms with Gasteiger partial charge < -0.3 is 9.15 Å². The second-order valence-electron chi connectivity index (χ2n) is 5.43. The molecule has 0 saturated carbocycles. The number of carbonyl (C=O) groups is 1. The second kappa shape index (κ2) is 6.84. The third kappa shape index (κ3) is 3.46. The van der Waals surface area contributed by atoms with Crippen molar-refractivity contribution in [2.75, 3.05) is 0 Å². The van der Waals surface area contributed by atoms with E-state index in [2.05, 4.69) is 0 Å². The van der Waals surface area contributed by atoms with Crippen LogP contribution in [0.1, 0.15) is 21.6 Å². The van der Waals surface area contributed by atoms with Crippen molar-refractivity contribution in [3.63, 3.8) is 0 Å². The third-order valence-electron chi connectivity index (χ3n) is 3.81. The monoisotopic (exact) mass is 340 g/mol. The zero-order chi connectivity index (χ0) is 17.1. The molecule has 122 valence electrons. The Bertz CT molecular complexity index is 965. The molecule has 0 aliphatic heterocycles. The van der Waals surface area contributed by atoms with Crippen LogP contribution in [0, 0.1) is 13.8 Å². The summed E-state index contributed by atoms with van der Waals surface area (Å²) in [6.07, 6.45) is 3.09. The van der Waals surface area contributed by atoms with Crippen LogP contribution in [0.3, 0.4) is 0 Å². The maximum atomic E-state index is 11.8. The molecule has 0 amide bonds. The first kappa shape index (κ1) is 16.2. The fraction of sp³-hybridized carbons (Fsp3) is 0.158. The zero-order valence-electron chi connectivity index (χ0n) is 13.4. The van der Waals surface area contributed by atoms with Gasteiger partial charge in [0.05, 0.1) is 0 Å². The normalized spacial score (nSPS) is 11.2. The van der Waals surface area contributed by atoms with Gasteiger partial charge in [-0.05, 0) is 42.5 Å². The average Bonchev–Trinajstić information content (AvgIpc) is 3.08. The highest BCUT2D eigenvalue weighted by atomic mass is 32.1. The first-order valence-corrected chi connectivity index (χ1v) is 8.34. The Kier molecular flexibility index (Phi) is 4.62. The van der Waals surface area contributed by atoms with Gasteiger partial charge in [-0.3, -0.25) is 0 Å². The molecule has 5 heteroatoms. The van der Waals surface area contributed by atoms with Gasteiger partial charge in [-0.2, -0.15) is 0 Å². The molecule has 0 bridgehead atoms. The van der Waals surface area contributed by atoms with Gasteiger partial charge in [0.15, 0.2) is 0 Å². The molecule has 0 spiro atoms. The Labute approximate surface area is 143 Å². The number of thiophene rings is 1.